The maximum atomic E-state index is 6.37. The van der Waals surface area contributed by atoms with Crippen molar-refractivity contribution in [1.82, 2.24) is 4.98 Å². The first-order chi connectivity index (χ1) is 22.3. The molecule has 0 N–H and O–H groups in total. The molecule has 8 aromatic rings. The number of allylic oxidation sites excluding steroid dienone is 1. The molecule has 0 spiro atoms. The normalized spacial score (nSPS) is 12.8. The van der Waals surface area contributed by atoms with Gasteiger partial charge in [-0.2, -0.15) is 0 Å². The molecule has 2 heterocycles. The fourth-order valence-corrected chi connectivity index (χ4v) is 6.58. The highest BCUT2D eigenvalue weighted by molar-refractivity contribution is 6.06. The molecule has 6 aromatic carbocycles. The van der Waals surface area contributed by atoms with Crippen LogP contribution < -0.4 is 4.90 Å². The zero-order valence-electron chi connectivity index (χ0n) is 24.5. The first-order valence-electron chi connectivity index (χ1n) is 15.3. The van der Waals surface area contributed by atoms with Gasteiger partial charge in [-0.25, -0.2) is 4.98 Å². The van der Waals surface area contributed by atoms with Gasteiger partial charge in [0, 0.05) is 39.0 Å². The predicted octanol–water partition coefficient (Wildman–Crippen LogP) is 11.4. The van der Waals surface area contributed by atoms with Gasteiger partial charge in [0.2, 0.25) is 5.89 Å². The second-order valence-electron chi connectivity index (χ2n) is 11.5. The minimum Gasteiger partial charge on any atom is -0.456 e. The minimum absolute atomic E-state index is 0.659. The highest BCUT2D eigenvalue weighted by Gasteiger charge is 2.20. The van der Waals surface area contributed by atoms with E-state index < -0.39 is 0 Å². The third kappa shape index (κ3) is 4.42. The van der Waals surface area contributed by atoms with Crippen LogP contribution in [0.2, 0.25) is 0 Å². The van der Waals surface area contributed by atoms with Gasteiger partial charge in [-0.05, 0) is 102 Å². The molecule has 0 saturated heterocycles. The van der Waals surface area contributed by atoms with Crippen LogP contribution in [-0.4, -0.2) is 4.98 Å². The van der Waals surface area contributed by atoms with E-state index in [1.54, 1.807) is 0 Å². The average molecular weight is 581 g/mol. The number of aromatic nitrogens is 1. The molecule has 0 amide bonds. The smallest absolute Gasteiger partial charge is 0.227 e. The molecule has 0 atom stereocenters. The molecule has 2 aromatic heterocycles. The standard InChI is InChI=1S/C41H28N2O2/c1-3-9-29(10-4-1)41-42-37-23-19-28-15-16-30(25-35(28)40(37)45-41)27-17-20-32(21-18-27)43(31-11-5-2-6-12-31)33-22-24-39-36(26-33)34-13-7-8-14-38(34)44-39/h1-14,17-26H,15-16H2. The Hall–Kier alpha value is -5.87. The number of benzene rings is 6. The molecular formula is C41H28N2O2. The molecule has 0 unspecified atom stereocenters. The molecule has 9 rings (SSSR count). The summed E-state index contributed by atoms with van der Waals surface area (Å²) in [6.45, 7) is 0. The molecule has 0 radical (unpaired) electrons. The molecule has 4 heteroatoms. The summed E-state index contributed by atoms with van der Waals surface area (Å²) < 4.78 is 12.5. The van der Waals surface area contributed by atoms with Gasteiger partial charge in [-0.3, -0.25) is 0 Å². The molecule has 0 aliphatic heterocycles. The molecule has 45 heavy (non-hydrogen) atoms. The third-order valence-electron chi connectivity index (χ3n) is 8.82. The maximum absolute atomic E-state index is 6.37. The predicted molar refractivity (Wildman–Crippen MR) is 184 cm³/mol. The Morgan fingerprint density at radius 1 is 0.533 bits per heavy atom. The Kier molecular flexibility index (Phi) is 5.91. The number of nitrogens with zero attached hydrogens (tertiary/aromatic N) is 2. The van der Waals surface area contributed by atoms with E-state index in [0.717, 1.165) is 74.1 Å². The van der Waals surface area contributed by atoms with Crippen LogP contribution in [0.5, 0.6) is 0 Å². The molecule has 1 aliphatic carbocycles. The van der Waals surface area contributed by atoms with Crippen LogP contribution >= 0.6 is 0 Å². The van der Waals surface area contributed by atoms with Gasteiger partial charge in [0.1, 0.15) is 16.7 Å². The van der Waals surface area contributed by atoms with Crippen LogP contribution in [0.25, 0.3) is 56.1 Å². The lowest BCUT2D eigenvalue weighted by Crippen LogP contribution is -2.09. The highest BCUT2D eigenvalue weighted by atomic mass is 16.3. The number of hydrogen-bond acceptors (Lipinski definition) is 4. The second kappa shape index (κ2) is 10.4. The van der Waals surface area contributed by atoms with Crippen LogP contribution in [0, 0.1) is 0 Å². The molecule has 1 aliphatic rings. The third-order valence-corrected chi connectivity index (χ3v) is 8.82. The molecule has 0 bridgehead atoms. The molecule has 214 valence electrons. The summed E-state index contributed by atoms with van der Waals surface area (Å²) in [5, 5.41) is 2.24. The zero-order valence-corrected chi connectivity index (χ0v) is 24.5. The first-order valence-corrected chi connectivity index (χ1v) is 15.3. The Balaban J connectivity index is 1.10. The van der Waals surface area contributed by atoms with Crippen LogP contribution in [0.15, 0.2) is 148 Å². The lowest BCUT2D eigenvalue weighted by atomic mass is 9.88. The average Bonchev–Trinajstić information content (AvgIpc) is 3.72. The van der Waals surface area contributed by atoms with Crippen molar-refractivity contribution in [2.75, 3.05) is 4.90 Å². The van der Waals surface area contributed by atoms with Gasteiger partial charge >= 0.3 is 0 Å². The van der Waals surface area contributed by atoms with Gasteiger partial charge in [-0.1, -0.05) is 72.8 Å². The summed E-state index contributed by atoms with van der Waals surface area (Å²) >= 11 is 0. The number of para-hydroxylation sites is 2. The fraction of sp³-hybridized carbons (Fsp3) is 0.0488. The minimum atomic E-state index is 0.659. The molecule has 4 nitrogen and oxygen atoms in total. The van der Waals surface area contributed by atoms with Crippen molar-refractivity contribution in [3.05, 3.63) is 156 Å². The second-order valence-corrected chi connectivity index (χ2v) is 11.5. The molecular weight excluding hydrogens is 552 g/mol. The number of hydrogen-bond donors (Lipinski definition) is 0. The Labute approximate surface area is 260 Å². The van der Waals surface area contributed by atoms with Crippen molar-refractivity contribution >= 4 is 61.7 Å². The summed E-state index contributed by atoms with van der Waals surface area (Å²) in [4.78, 5) is 7.11. The van der Waals surface area contributed by atoms with E-state index in [1.807, 2.05) is 42.5 Å². The fourth-order valence-electron chi connectivity index (χ4n) is 6.58. The van der Waals surface area contributed by atoms with E-state index in [2.05, 4.69) is 108 Å². The van der Waals surface area contributed by atoms with E-state index in [-0.39, 0.29) is 0 Å². The summed E-state index contributed by atoms with van der Waals surface area (Å²) in [7, 11) is 0. The summed E-state index contributed by atoms with van der Waals surface area (Å²) in [6, 6.07) is 48.5. The van der Waals surface area contributed by atoms with Crippen molar-refractivity contribution in [3.8, 4) is 11.5 Å². The van der Waals surface area contributed by atoms with Gasteiger partial charge < -0.3 is 13.7 Å². The van der Waals surface area contributed by atoms with E-state index in [0.29, 0.717) is 5.89 Å². The van der Waals surface area contributed by atoms with E-state index >= 15 is 0 Å². The van der Waals surface area contributed by atoms with Crippen molar-refractivity contribution in [2.24, 2.45) is 0 Å². The molecule has 0 fully saturated rings. The van der Waals surface area contributed by atoms with Crippen LogP contribution in [-0.2, 0) is 6.42 Å². The Bertz CT molecular complexity index is 2370. The number of aryl methyl sites for hydroxylation is 1. The van der Waals surface area contributed by atoms with Crippen molar-refractivity contribution in [3.63, 3.8) is 0 Å². The topological polar surface area (TPSA) is 42.4 Å². The van der Waals surface area contributed by atoms with Crippen LogP contribution in [0.4, 0.5) is 17.1 Å². The van der Waals surface area contributed by atoms with E-state index in [4.69, 9.17) is 13.8 Å². The largest absolute Gasteiger partial charge is 0.456 e. The van der Waals surface area contributed by atoms with Gasteiger partial charge in [0.25, 0.3) is 0 Å². The Morgan fingerprint density at radius 3 is 2.09 bits per heavy atom. The zero-order chi connectivity index (χ0) is 29.7. The monoisotopic (exact) mass is 580 g/mol. The lowest BCUT2D eigenvalue weighted by Gasteiger charge is -2.26. The summed E-state index contributed by atoms with van der Waals surface area (Å²) in [6.07, 6.45) is 4.24. The number of rotatable bonds is 5. The van der Waals surface area contributed by atoms with E-state index in [1.165, 1.54) is 16.7 Å². The van der Waals surface area contributed by atoms with Crippen LogP contribution in [0.1, 0.15) is 23.1 Å². The quantitative estimate of drug-likeness (QED) is 0.203. The Morgan fingerprint density at radius 2 is 1.24 bits per heavy atom. The van der Waals surface area contributed by atoms with Crippen molar-refractivity contribution in [2.45, 2.75) is 12.8 Å². The van der Waals surface area contributed by atoms with Crippen molar-refractivity contribution < 1.29 is 8.83 Å². The van der Waals surface area contributed by atoms with Gasteiger partial charge in [-0.15, -0.1) is 0 Å². The van der Waals surface area contributed by atoms with Crippen molar-refractivity contribution in [1.29, 1.82) is 0 Å². The SMILES string of the molecule is C1=C(c2ccc(N(c3ccccc3)c3ccc4oc5ccccc5c4c3)cc2)CCc2ccc3nc(-c4ccccc4)oc3c21. The first kappa shape index (κ1) is 25.6. The number of fused-ring (bicyclic) bond motifs is 6. The molecule has 0 saturated carbocycles. The van der Waals surface area contributed by atoms with Crippen LogP contribution in [0.3, 0.4) is 0 Å². The number of oxazole rings is 1. The van der Waals surface area contributed by atoms with E-state index in [9.17, 15) is 0 Å². The number of furan rings is 1. The van der Waals surface area contributed by atoms with Gasteiger partial charge in [0.15, 0.2) is 5.58 Å². The highest BCUT2D eigenvalue weighted by Crippen LogP contribution is 2.40. The lowest BCUT2D eigenvalue weighted by molar-refractivity contribution is 0.618. The maximum Gasteiger partial charge on any atom is 0.227 e. The summed E-state index contributed by atoms with van der Waals surface area (Å²) in [5.74, 6) is 0.659. The van der Waals surface area contributed by atoms with Gasteiger partial charge in [0.05, 0.1) is 0 Å². The summed E-state index contributed by atoms with van der Waals surface area (Å²) in [5.41, 5.74) is 12.8. The number of anilines is 3.